The molecule has 3 rings (SSSR count). The van der Waals surface area contributed by atoms with Gasteiger partial charge in [-0.1, -0.05) is 12.8 Å². The van der Waals surface area contributed by atoms with Gasteiger partial charge in [-0.25, -0.2) is 4.98 Å². The zero-order valence-electron chi connectivity index (χ0n) is 11.4. The molecule has 0 unspecified atom stereocenters. The van der Waals surface area contributed by atoms with Gasteiger partial charge in [0.1, 0.15) is 11.1 Å². The zero-order valence-corrected chi connectivity index (χ0v) is 11.4. The molecule has 6 heteroatoms. The van der Waals surface area contributed by atoms with Crippen molar-refractivity contribution in [2.75, 3.05) is 6.54 Å². The Morgan fingerprint density at radius 1 is 1.50 bits per heavy atom. The second kappa shape index (κ2) is 5.11. The molecule has 1 aliphatic carbocycles. The molecule has 0 bridgehead atoms. The van der Waals surface area contributed by atoms with Gasteiger partial charge in [-0.15, -0.1) is 0 Å². The lowest BCUT2D eigenvalue weighted by Gasteiger charge is -2.10. The third-order valence-electron chi connectivity index (χ3n) is 3.92. The Kier molecular flexibility index (Phi) is 3.30. The number of furan rings is 1. The largest absolute Gasteiger partial charge is 0.442 e. The number of nitrogens with one attached hydrogen (secondary N) is 2. The molecule has 1 fully saturated rings. The van der Waals surface area contributed by atoms with Gasteiger partial charge in [0.05, 0.1) is 11.9 Å². The van der Waals surface area contributed by atoms with Crippen molar-refractivity contribution in [1.29, 1.82) is 0 Å². The van der Waals surface area contributed by atoms with Gasteiger partial charge in [0, 0.05) is 6.54 Å². The first-order valence-corrected chi connectivity index (χ1v) is 6.92. The van der Waals surface area contributed by atoms with Gasteiger partial charge >= 0.3 is 0 Å². The van der Waals surface area contributed by atoms with Crippen molar-refractivity contribution in [1.82, 2.24) is 15.3 Å². The van der Waals surface area contributed by atoms with Crippen molar-refractivity contribution in [2.45, 2.75) is 32.6 Å². The third kappa shape index (κ3) is 2.21. The Morgan fingerprint density at radius 2 is 2.25 bits per heavy atom. The van der Waals surface area contributed by atoms with Gasteiger partial charge in [-0.3, -0.25) is 9.59 Å². The summed E-state index contributed by atoms with van der Waals surface area (Å²) in [6.45, 7) is 2.33. The van der Waals surface area contributed by atoms with E-state index in [0.29, 0.717) is 23.8 Å². The Morgan fingerprint density at radius 3 is 3.00 bits per heavy atom. The van der Waals surface area contributed by atoms with Crippen molar-refractivity contribution in [2.24, 2.45) is 5.92 Å². The van der Waals surface area contributed by atoms with E-state index in [0.717, 1.165) is 12.8 Å². The molecule has 1 aliphatic rings. The standard InChI is InChI=1S/C14H17N3O3/c1-8-10(11-13(19)16-7-17-14(11)20-8)12(18)15-6-9-4-2-3-5-9/h7,9H,2-6H2,1H3,(H,15,18)(H,16,17,19). The highest BCUT2D eigenvalue weighted by atomic mass is 16.3. The molecule has 0 radical (unpaired) electrons. The Balaban J connectivity index is 1.87. The van der Waals surface area contributed by atoms with Crippen molar-refractivity contribution < 1.29 is 9.21 Å². The lowest BCUT2D eigenvalue weighted by molar-refractivity contribution is 0.0947. The molecular formula is C14H17N3O3. The van der Waals surface area contributed by atoms with Crippen LogP contribution in [0.3, 0.4) is 0 Å². The molecular weight excluding hydrogens is 258 g/mol. The molecule has 2 aromatic rings. The molecule has 0 spiro atoms. The van der Waals surface area contributed by atoms with Gasteiger partial charge in [0.2, 0.25) is 5.71 Å². The normalized spacial score (nSPS) is 15.8. The summed E-state index contributed by atoms with van der Waals surface area (Å²) in [5, 5.41) is 3.14. The molecule has 2 N–H and O–H groups in total. The van der Waals surface area contributed by atoms with E-state index in [1.807, 2.05) is 0 Å². The minimum Gasteiger partial charge on any atom is -0.442 e. The first kappa shape index (κ1) is 12.9. The van der Waals surface area contributed by atoms with Gasteiger partial charge < -0.3 is 14.7 Å². The molecule has 0 aromatic carbocycles. The van der Waals surface area contributed by atoms with E-state index in [1.54, 1.807) is 6.92 Å². The van der Waals surface area contributed by atoms with Gasteiger partial charge in [0.25, 0.3) is 11.5 Å². The van der Waals surface area contributed by atoms with E-state index >= 15 is 0 Å². The van der Waals surface area contributed by atoms with Crippen LogP contribution in [0, 0.1) is 12.8 Å². The van der Waals surface area contributed by atoms with E-state index in [-0.39, 0.29) is 22.6 Å². The van der Waals surface area contributed by atoms with Crippen molar-refractivity contribution >= 4 is 17.0 Å². The summed E-state index contributed by atoms with van der Waals surface area (Å²) in [6, 6.07) is 0. The van der Waals surface area contributed by atoms with Crippen LogP contribution in [0.15, 0.2) is 15.5 Å². The molecule has 2 aromatic heterocycles. The van der Waals surface area contributed by atoms with Crippen molar-refractivity contribution in [3.63, 3.8) is 0 Å². The Labute approximate surface area is 115 Å². The van der Waals surface area contributed by atoms with Gasteiger partial charge in [-0.2, -0.15) is 0 Å². The van der Waals surface area contributed by atoms with Crippen LogP contribution in [0.1, 0.15) is 41.8 Å². The molecule has 20 heavy (non-hydrogen) atoms. The predicted molar refractivity (Wildman–Crippen MR) is 73.7 cm³/mol. The van der Waals surface area contributed by atoms with Crippen LogP contribution in [0.4, 0.5) is 0 Å². The average Bonchev–Trinajstić information content (AvgIpc) is 3.03. The maximum absolute atomic E-state index is 12.3. The zero-order chi connectivity index (χ0) is 14.1. The molecule has 2 heterocycles. The number of hydrogen-bond acceptors (Lipinski definition) is 4. The summed E-state index contributed by atoms with van der Waals surface area (Å²) < 4.78 is 5.38. The number of H-pyrrole nitrogens is 1. The first-order valence-electron chi connectivity index (χ1n) is 6.92. The highest BCUT2D eigenvalue weighted by molar-refractivity contribution is 6.06. The number of fused-ring (bicyclic) bond motifs is 1. The summed E-state index contributed by atoms with van der Waals surface area (Å²) in [5.41, 5.74) is 0.155. The summed E-state index contributed by atoms with van der Waals surface area (Å²) in [4.78, 5) is 30.6. The van der Waals surface area contributed by atoms with Crippen LogP contribution < -0.4 is 10.9 Å². The van der Waals surface area contributed by atoms with Crippen LogP contribution in [-0.2, 0) is 0 Å². The summed E-state index contributed by atoms with van der Waals surface area (Å²) in [6.07, 6.45) is 6.06. The van der Waals surface area contributed by atoms with Crippen LogP contribution >= 0.6 is 0 Å². The number of amides is 1. The predicted octanol–water partition coefficient (Wildman–Crippen LogP) is 1.74. The van der Waals surface area contributed by atoms with Gasteiger partial charge in [0.15, 0.2) is 0 Å². The van der Waals surface area contributed by atoms with Crippen molar-refractivity contribution in [3.05, 3.63) is 28.0 Å². The highest BCUT2D eigenvalue weighted by Crippen LogP contribution is 2.24. The highest BCUT2D eigenvalue weighted by Gasteiger charge is 2.23. The molecule has 1 saturated carbocycles. The number of rotatable bonds is 3. The topological polar surface area (TPSA) is 88.0 Å². The number of hydrogen-bond donors (Lipinski definition) is 2. The molecule has 106 valence electrons. The molecule has 0 saturated heterocycles. The Bertz CT molecular complexity index is 695. The molecule has 0 aliphatic heterocycles. The van der Waals surface area contributed by atoms with E-state index < -0.39 is 0 Å². The maximum Gasteiger partial charge on any atom is 0.262 e. The molecule has 1 amide bonds. The number of aryl methyl sites for hydroxylation is 1. The fourth-order valence-corrected chi connectivity index (χ4v) is 2.87. The molecule has 6 nitrogen and oxygen atoms in total. The fourth-order valence-electron chi connectivity index (χ4n) is 2.87. The second-order valence-corrected chi connectivity index (χ2v) is 5.31. The summed E-state index contributed by atoms with van der Waals surface area (Å²) >= 11 is 0. The first-order chi connectivity index (χ1) is 9.66. The van der Waals surface area contributed by atoms with E-state index in [4.69, 9.17) is 4.42 Å². The summed E-state index contributed by atoms with van der Waals surface area (Å²) in [5.74, 6) is 0.716. The van der Waals surface area contributed by atoms with E-state index in [2.05, 4.69) is 15.3 Å². The van der Waals surface area contributed by atoms with E-state index in [9.17, 15) is 9.59 Å². The second-order valence-electron chi connectivity index (χ2n) is 5.31. The number of aromatic nitrogens is 2. The van der Waals surface area contributed by atoms with Crippen LogP contribution in [0.2, 0.25) is 0 Å². The van der Waals surface area contributed by atoms with Crippen LogP contribution in [0.25, 0.3) is 11.1 Å². The Hall–Kier alpha value is -2.11. The smallest absolute Gasteiger partial charge is 0.262 e. The van der Waals surface area contributed by atoms with E-state index in [1.165, 1.54) is 19.2 Å². The number of aromatic amines is 1. The number of carbonyl (C=O) groups excluding carboxylic acids is 1. The minimum absolute atomic E-state index is 0.206. The lowest BCUT2D eigenvalue weighted by Crippen LogP contribution is -2.29. The van der Waals surface area contributed by atoms with Crippen LogP contribution in [0.5, 0.6) is 0 Å². The summed E-state index contributed by atoms with van der Waals surface area (Å²) in [7, 11) is 0. The number of nitrogens with zero attached hydrogens (tertiary/aromatic N) is 1. The fraction of sp³-hybridized carbons (Fsp3) is 0.500. The lowest BCUT2D eigenvalue weighted by atomic mass is 10.1. The SMILES string of the molecule is Cc1oc2nc[nH]c(=O)c2c1C(=O)NCC1CCCC1. The van der Waals surface area contributed by atoms with Crippen molar-refractivity contribution in [3.8, 4) is 0 Å². The van der Waals surface area contributed by atoms with Gasteiger partial charge in [-0.05, 0) is 25.7 Å². The maximum atomic E-state index is 12.3. The molecule has 0 atom stereocenters. The third-order valence-corrected chi connectivity index (χ3v) is 3.92. The average molecular weight is 275 g/mol. The monoisotopic (exact) mass is 275 g/mol. The van der Waals surface area contributed by atoms with Crippen LogP contribution in [-0.4, -0.2) is 22.4 Å². The minimum atomic E-state index is -0.349. The number of carbonyl (C=O) groups is 1. The quantitative estimate of drug-likeness (QED) is 0.893.